The molecule has 1 N–H and O–H groups in total. The fourth-order valence-corrected chi connectivity index (χ4v) is 2.74. The molecule has 0 aliphatic heterocycles. The molecule has 1 heterocycles. The number of benzene rings is 1. The van der Waals surface area contributed by atoms with Gasteiger partial charge in [-0.3, -0.25) is 19.8 Å². The van der Waals surface area contributed by atoms with Crippen LogP contribution in [0.25, 0.3) is 0 Å². The van der Waals surface area contributed by atoms with Gasteiger partial charge in [0.15, 0.2) is 0 Å². The molecule has 0 spiro atoms. The van der Waals surface area contributed by atoms with Crippen LogP contribution >= 0.6 is 0 Å². The van der Waals surface area contributed by atoms with Crippen molar-refractivity contribution in [3.05, 3.63) is 58.2 Å². The molecular formula is C12H10FN3O4S. The second-order valence-electron chi connectivity index (χ2n) is 4.17. The van der Waals surface area contributed by atoms with E-state index in [1.807, 2.05) is 0 Å². The van der Waals surface area contributed by atoms with Crippen molar-refractivity contribution in [2.45, 2.75) is 11.8 Å². The Bertz CT molecular complexity index is 808. The summed E-state index contributed by atoms with van der Waals surface area (Å²) in [5.74, 6) is -1.21. The molecule has 0 saturated heterocycles. The first-order chi connectivity index (χ1) is 9.81. The SMILES string of the molecule is Cc1cnccc1NS(=O)(=O)c1ccc([N+](=O)[O-])c(F)c1. The summed E-state index contributed by atoms with van der Waals surface area (Å²) in [4.78, 5) is 13.0. The highest BCUT2D eigenvalue weighted by Crippen LogP contribution is 2.23. The predicted octanol–water partition coefficient (Wildman–Crippen LogP) is 2.24. The van der Waals surface area contributed by atoms with Crippen LogP contribution in [0, 0.1) is 22.9 Å². The zero-order valence-electron chi connectivity index (χ0n) is 10.8. The van der Waals surface area contributed by atoms with Crippen LogP contribution in [0.15, 0.2) is 41.6 Å². The van der Waals surface area contributed by atoms with Crippen LogP contribution in [-0.4, -0.2) is 18.3 Å². The Labute approximate surface area is 119 Å². The van der Waals surface area contributed by atoms with Gasteiger partial charge in [-0.15, -0.1) is 0 Å². The number of hydrogen-bond acceptors (Lipinski definition) is 5. The first kappa shape index (κ1) is 14.9. The van der Waals surface area contributed by atoms with E-state index in [1.54, 1.807) is 6.92 Å². The third-order valence-electron chi connectivity index (χ3n) is 2.69. The van der Waals surface area contributed by atoms with Gasteiger partial charge in [0.05, 0.1) is 15.5 Å². The summed E-state index contributed by atoms with van der Waals surface area (Å²) in [6.07, 6.45) is 2.87. The summed E-state index contributed by atoms with van der Waals surface area (Å²) in [7, 11) is -4.04. The predicted molar refractivity (Wildman–Crippen MR) is 72.8 cm³/mol. The number of hydrogen-bond donors (Lipinski definition) is 1. The summed E-state index contributed by atoms with van der Waals surface area (Å²) in [5, 5.41) is 10.5. The van der Waals surface area contributed by atoms with Gasteiger partial charge in [0.25, 0.3) is 10.0 Å². The Morgan fingerprint density at radius 1 is 1.33 bits per heavy atom. The average molecular weight is 311 g/mol. The largest absolute Gasteiger partial charge is 0.304 e. The van der Waals surface area contributed by atoms with Gasteiger partial charge in [-0.2, -0.15) is 4.39 Å². The molecule has 0 atom stereocenters. The number of nitro benzene ring substituents is 1. The maximum atomic E-state index is 13.5. The summed E-state index contributed by atoms with van der Waals surface area (Å²) in [5.41, 5.74) is 0.0984. The second kappa shape index (κ2) is 5.44. The second-order valence-corrected chi connectivity index (χ2v) is 5.85. The molecule has 2 aromatic rings. The maximum absolute atomic E-state index is 13.5. The molecule has 0 saturated carbocycles. The lowest BCUT2D eigenvalue weighted by Crippen LogP contribution is -2.14. The summed E-state index contributed by atoms with van der Waals surface area (Å²) < 4.78 is 40.0. The summed E-state index contributed by atoms with van der Waals surface area (Å²) >= 11 is 0. The van der Waals surface area contributed by atoms with Gasteiger partial charge >= 0.3 is 5.69 Å². The third kappa shape index (κ3) is 3.14. The van der Waals surface area contributed by atoms with E-state index in [0.29, 0.717) is 17.3 Å². The molecule has 9 heteroatoms. The Balaban J connectivity index is 2.39. The van der Waals surface area contributed by atoms with Crippen molar-refractivity contribution in [3.8, 4) is 0 Å². The smallest absolute Gasteiger partial charge is 0.279 e. The van der Waals surface area contributed by atoms with Crippen molar-refractivity contribution < 1.29 is 17.7 Å². The molecule has 0 fully saturated rings. The van der Waals surface area contributed by atoms with Gasteiger partial charge in [-0.1, -0.05) is 0 Å². The number of rotatable bonds is 4. The van der Waals surface area contributed by atoms with Crippen molar-refractivity contribution in [1.82, 2.24) is 4.98 Å². The van der Waals surface area contributed by atoms with E-state index >= 15 is 0 Å². The normalized spacial score (nSPS) is 11.1. The van der Waals surface area contributed by atoms with E-state index in [4.69, 9.17) is 0 Å². The fourth-order valence-electron chi connectivity index (χ4n) is 1.59. The van der Waals surface area contributed by atoms with Crippen molar-refractivity contribution in [2.24, 2.45) is 0 Å². The highest BCUT2D eigenvalue weighted by Gasteiger charge is 2.21. The molecule has 7 nitrogen and oxygen atoms in total. The molecule has 0 unspecified atom stereocenters. The molecule has 110 valence electrons. The Morgan fingerprint density at radius 3 is 2.62 bits per heavy atom. The number of nitrogens with one attached hydrogen (secondary N) is 1. The number of sulfonamides is 1. The van der Waals surface area contributed by atoms with Gasteiger partial charge in [0.1, 0.15) is 0 Å². The fraction of sp³-hybridized carbons (Fsp3) is 0.0833. The van der Waals surface area contributed by atoms with E-state index in [1.165, 1.54) is 18.5 Å². The van der Waals surface area contributed by atoms with Crippen LogP contribution < -0.4 is 4.72 Å². The highest BCUT2D eigenvalue weighted by atomic mass is 32.2. The Kier molecular flexibility index (Phi) is 3.85. The van der Waals surface area contributed by atoms with Crippen LogP contribution in [0.1, 0.15) is 5.56 Å². The lowest BCUT2D eigenvalue weighted by atomic mass is 10.3. The first-order valence-electron chi connectivity index (χ1n) is 5.68. The minimum absolute atomic E-state index is 0.295. The molecule has 0 radical (unpaired) electrons. The van der Waals surface area contributed by atoms with E-state index in [9.17, 15) is 22.9 Å². The van der Waals surface area contributed by atoms with Crippen LogP contribution in [0.5, 0.6) is 0 Å². The average Bonchev–Trinajstić information content (AvgIpc) is 2.40. The third-order valence-corrected chi connectivity index (χ3v) is 4.05. The van der Waals surface area contributed by atoms with E-state index in [2.05, 4.69) is 9.71 Å². The quantitative estimate of drug-likeness (QED) is 0.689. The van der Waals surface area contributed by atoms with Crippen molar-refractivity contribution in [1.29, 1.82) is 0 Å². The number of nitrogens with zero attached hydrogens (tertiary/aromatic N) is 2. The Hall–Kier alpha value is -2.55. The van der Waals surface area contributed by atoms with Crippen LogP contribution in [0.2, 0.25) is 0 Å². The van der Waals surface area contributed by atoms with E-state index < -0.39 is 31.3 Å². The zero-order chi connectivity index (χ0) is 15.6. The summed E-state index contributed by atoms with van der Waals surface area (Å²) in [6.45, 7) is 1.65. The first-order valence-corrected chi connectivity index (χ1v) is 7.17. The van der Waals surface area contributed by atoms with Crippen molar-refractivity contribution in [2.75, 3.05) is 4.72 Å². The molecule has 1 aromatic carbocycles. The number of aryl methyl sites for hydroxylation is 1. The molecule has 0 amide bonds. The number of anilines is 1. The number of nitro groups is 1. The number of aromatic nitrogens is 1. The topological polar surface area (TPSA) is 102 Å². The number of pyridine rings is 1. The molecular weight excluding hydrogens is 301 g/mol. The van der Waals surface area contributed by atoms with Crippen molar-refractivity contribution in [3.63, 3.8) is 0 Å². The number of halogens is 1. The van der Waals surface area contributed by atoms with Gasteiger partial charge in [0.2, 0.25) is 5.82 Å². The summed E-state index contributed by atoms with van der Waals surface area (Å²) in [6, 6.07) is 3.84. The standard InChI is InChI=1S/C12H10FN3O4S/c1-8-7-14-5-4-11(8)15-21(19,20)9-2-3-12(16(17)18)10(13)6-9/h2-7H,1H3,(H,14,15). The molecule has 2 rings (SSSR count). The molecule has 21 heavy (non-hydrogen) atoms. The highest BCUT2D eigenvalue weighted by molar-refractivity contribution is 7.92. The minimum Gasteiger partial charge on any atom is -0.279 e. The lowest BCUT2D eigenvalue weighted by Gasteiger charge is -2.10. The van der Waals surface area contributed by atoms with E-state index in [-0.39, 0.29) is 0 Å². The van der Waals surface area contributed by atoms with Crippen LogP contribution in [0.4, 0.5) is 15.8 Å². The van der Waals surface area contributed by atoms with E-state index in [0.717, 1.165) is 12.1 Å². The monoisotopic (exact) mass is 311 g/mol. The zero-order valence-corrected chi connectivity index (χ0v) is 11.6. The molecule has 0 bridgehead atoms. The van der Waals surface area contributed by atoms with Gasteiger partial charge in [-0.25, -0.2) is 8.42 Å². The van der Waals surface area contributed by atoms with Gasteiger partial charge in [-0.05, 0) is 24.6 Å². The lowest BCUT2D eigenvalue weighted by molar-refractivity contribution is -0.387. The van der Waals surface area contributed by atoms with Gasteiger partial charge in [0, 0.05) is 24.5 Å². The molecule has 1 aromatic heterocycles. The van der Waals surface area contributed by atoms with Gasteiger partial charge < -0.3 is 0 Å². The minimum atomic E-state index is -4.04. The van der Waals surface area contributed by atoms with Crippen LogP contribution in [-0.2, 0) is 10.0 Å². The van der Waals surface area contributed by atoms with Crippen LogP contribution in [0.3, 0.4) is 0 Å². The molecule has 0 aliphatic rings. The maximum Gasteiger partial charge on any atom is 0.304 e. The Morgan fingerprint density at radius 2 is 2.05 bits per heavy atom. The van der Waals surface area contributed by atoms with Crippen molar-refractivity contribution >= 4 is 21.4 Å². The molecule has 0 aliphatic carbocycles.